The Hall–Kier alpha value is -2.58. The van der Waals surface area contributed by atoms with Gasteiger partial charge >= 0.3 is 0 Å². The minimum atomic E-state index is -3.83. The van der Waals surface area contributed by atoms with Crippen molar-refractivity contribution in [1.82, 2.24) is 9.21 Å². The van der Waals surface area contributed by atoms with Gasteiger partial charge in [0.2, 0.25) is 15.9 Å². The zero-order valence-electron chi connectivity index (χ0n) is 16.2. The molecular formula is C20H24N2O5S. The van der Waals surface area contributed by atoms with E-state index in [1.165, 1.54) is 24.1 Å². The summed E-state index contributed by atoms with van der Waals surface area (Å²) < 4.78 is 37.6. The standard InChI is InChI=1S/C20H24N2O5S/c1-15-4-6-16(7-5-15)13-21(2)20(23)14-22(3)28(24,25)17-8-9-18-19(12-17)27-11-10-26-18/h4-9,12H,10-11,13-14H2,1-3H3. The normalized spacial score (nSPS) is 13.4. The largest absolute Gasteiger partial charge is 0.486 e. The number of carbonyl (C=O) groups excluding carboxylic acids is 1. The fourth-order valence-electron chi connectivity index (χ4n) is 2.82. The van der Waals surface area contributed by atoms with Crippen LogP contribution in [-0.2, 0) is 21.4 Å². The SMILES string of the molecule is Cc1ccc(CN(C)C(=O)CN(C)S(=O)(=O)c2ccc3c(c2)OCCO3)cc1. The summed E-state index contributed by atoms with van der Waals surface area (Å²) in [5, 5.41) is 0. The van der Waals surface area contributed by atoms with Crippen LogP contribution in [0.15, 0.2) is 47.4 Å². The predicted octanol–water partition coefficient (Wildman–Crippen LogP) is 2.05. The minimum Gasteiger partial charge on any atom is -0.486 e. The molecule has 0 atom stereocenters. The van der Waals surface area contributed by atoms with E-state index in [4.69, 9.17) is 9.47 Å². The van der Waals surface area contributed by atoms with Crippen molar-refractivity contribution in [3.63, 3.8) is 0 Å². The molecule has 1 aliphatic rings. The van der Waals surface area contributed by atoms with Crippen LogP contribution in [0.2, 0.25) is 0 Å². The molecule has 0 unspecified atom stereocenters. The fraction of sp³-hybridized carbons (Fsp3) is 0.350. The second-order valence-corrected chi connectivity index (χ2v) is 8.85. The third-order valence-corrected chi connectivity index (χ3v) is 6.35. The molecule has 1 amide bonds. The van der Waals surface area contributed by atoms with Crippen LogP contribution in [0, 0.1) is 6.92 Å². The number of sulfonamides is 1. The Balaban J connectivity index is 1.67. The zero-order valence-corrected chi connectivity index (χ0v) is 17.0. The highest BCUT2D eigenvalue weighted by Crippen LogP contribution is 2.32. The topological polar surface area (TPSA) is 76.2 Å². The van der Waals surface area contributed by atoms with E-state index in [0.717, 1.165) is 15.4 Å². The molecule has 0 fully saturated rings. The predicted molar refractivity (Wildman–Crippen MR) is 105 cm³/mol. The van der Waals surface area contributed by atoms with Gasteiger partial charge in [0.25, 0.3) is 0 Å². The van der Waals surface area contributed by atoms with Crippen molar-refractivity contribution in [2.45, 2.75) is 18.4 Å². The molecule has 0 saturated heterocycles. The van der Waals surface area contributed by atoms with Crippen LogP contribution in [-0.4, -0.2) is 57.4 Å². The number of hydrogen-bond donors (Lipinski definition) is 0. The Morgan fingerprint density at radius 3 is 2.32 bits per heavy atom. The van der Waals surface area contributed by atoms with E-state index in [-0.39, 0.29) is 17.3 Å². The van der Waals surface area contributed by atoms with E-state index >= 15 is 0 Å². The van der Waals surface area contributed by atoms with Crippen molar-refractivity contribution in [3.05, 3.63) is 53.6 Å². The summed E-state index contributed by atoms with van der Waals surface area (Å²) in [6, 6.07) is 12.3. The minimum absolute atomic E-state index is 0.0632. The van der Waals surface area contributed by atoms with E-state index in [2.05, 4.69) is 0 Å². The summed E-state index contributed by atoms with van der Waals surface area (Å²) in [6.07, 6.45) is 0. The molecule has 0 aliphatic carbocycles. The van der Waals surface area contributed by atoms with E-state index < -0.39 is 10.0 Å². The maximum absolute atomic E-state index is 12.8. The van der Waals surface area contributed by atoms with Crippen LogP contribution in [0.3, 0.4) is 0 Å². The Morgan fingerprint density at radius 2 is 1.64 bits per heavy atom. The highest BCUT2D eigenvalue weighted by atomic mass is 32.2. The van der Waals surface area contributed by atoms with E-state index in [0.29, 0.717) is 31.3 Å². The highest BCUT2D eigenvalue weighted by molar-refractivity contribution is 7.89. The average Bonchev–Trinajstić information content (AvgIpc) is 2.69. The van der Waals surface area contributed by atoms with E-state index in [1.807, 2.05) is 31.2 Å². The van der Waals surface area contributed by atoms with Gasteiger partial charge in [0.1, 0.15) is 13.2 Å². The summed E-state index contributed by atoms with van der Waals surface area (Å²) in [6.45, 7) is 2.96. The molecular weight excluding hydrogens is 380 g/mol. The third kappa shape index (κ3) is 4.45. The fourth-order valence-corrected chi connectivity index (χ4v) is 3.95. The van der Waals surface area contributed by atoms with Gasteiger partial charge in [-0.1, -0.05) is 29.8 Å². The molecule has 0 radical (unpaired) electrons. The van der Waals surface area contributed by atoms with Crippen molar-refractivity contribution < 1.29 is 22.7 Å². The monoisotopic (exact) mass is 404 g/mol. The maximum atomic E-state index is 12.8. The molecule has 1 aliphatic heterocycles. The lowest BCUT2D eigenvalue weighted by Gasteiger charge is -2.23. The van der Waals surface area contributed by atoms with Crippen LogP contribution in [0.5, 0.6) is 11.5 Å². The van der Waals surface area contributed by atoms with Gasteiger partial charge in [0.05, 0.1) is 11.4 Å². The average molecular weight is 404 g/mol. The van der Waals surface area contributed by atoms with Crippen molar-refractivity contribution in [2.75, 3.05) is 33.9 Å². The molecule has 2 aromatic carbocycles. The number of fused-ring (bicyclic) bond motifs is 1. The number of hydrogen-bond acceptors (Lipinski definition) is 5. The van der Waals surface area contributed by atoms with E-state index in [1.54, 1.807) is 13.1 Å². The lowest BCUT2D eigenvalue weighted by atomic mass is 10.1. The second kappa shape index (κ2) is 8.20. The van der Waals surface area contributed by atoms with Gasteiger partial charge in [-0.25, -0.2) is 8.42 Å². The number of likely N-dealkylation sites (N-methyl/N-ethyl adjacent to an activating group) is 2. The Morgan fingerprint density at radius 1 is 1.00 bits per heavy atom. The van der Waals surface area contributed by atoms with Crippen LogP contribution in [0.25, 0.3) is 0 Å². The van der Waals surface area contributed by atoms with Crippen molar-refractivity contribution in [2.24, 2.45) is 0 Å². The number of ether oxygens (including phenoxy) is 2. The second-order valence-electron chi connectivity index (χ2n) is 6.80. The van der Waals surface area contributed by atoms with Gasteiger partial charge in [0.15, 0.2) is 11.5 Å². The van der Waals surface area contributed by atoms with Gasteiger partial charge < -0.3 is 14.4 Å². The molecule has 8 heteroatoms. The number of aryl methyl sites for hydroxylation is 1. The molecule has 7 nitrogen and oxygen atoms in total. The Kier molecular flexibility index (Phi) is 5.90. The van der Waals surface area contributed by atoms with Gasteiger partial charge in [-0.15, -0.1) is 0 Å². The lowest BCUT2D eigenvalue weighted by Crippen LogP contribution is -2.39. The lowest BCUT2D eigenvalue weighted by molar-refractivity contribution is -0.130. The molecule has 0 saturated carbocycles. The molecule has 0 bridgehead atoms. The molecule has 1 heterocycles. The Bertz CT molecular complexity index is 957. The number of amides is 1. The number of carbonyl (C=O) groups is 1. The van der Waals surface area contributed by atoms with Crippen molar-refractivity contribution >= 4 is 15.9 Å². The van der Waals surface area contributed by atoms with Gasteiger partial charge in [0, 0.05) is 26.7 Å². The smallest absolute Gasteiger partial charge is 0.243 e. The Labute approximate surface area is 165 Å². The first-order valence-corrected chi connectivity index (χ1v) is 10.4. The first-order valence-electron chi connectivity index (χ1n) is 8.93. The molecule has 0 spiro atoms. The van der Waals surface area contributed by atoms with Crippen LogP contribution in [0.4, 0.5) is 0 Å². The van der Waals surface area contributed by atoms with Gasteiger partial charge in [-0.3, -0.25) is 4.79 Å². The summed E-state index contributed by atoms with van der Waals surface area (Å²) >= 11 is 0. The van der Waals surface area contributed by atoms with Crippen LogP contribution in [0.1, 0.15) is 11.1 Å². The molecule has 28 heavy (non-hydrogen) atoms. The molecule has 2 aromatic rings. The molecule has 3 rings (SSSR count). The van der Waals surface area contributed by atoms with Crippen LogP contribution < -0.4 is 9.47 Å². The summed E-state index contributed by atoms with van der Waals surface area (Å²) in [5.41, 5.74) is 2.13. The van der Waals surface area contributed by atoms with Crippen LogP contribution >= 0.6 is 0 Å². The number of rotatable bonds is 6. The first kappa shape index (κ1) is 20.2. The number of nitrogens with zero attached hydrogens (tertiary/aromatic N) is 2. The molecule has 150 valence electrons. The first-order chi connectivity index (χ1) is 13.3. The highest BCUT2D eigenvalue weighted by Gasteiger charge is 2.26. The zero-order chi connectivity index (χ0) is 20.3. The quantitative estimate of drug-likeness (QED) is 0.737. The number of benzene rings is 2. The van der Waals surface area contributed by atoms with Gasteiger partial charge in [-0.05, 0) is 24.6 Å². The summed E-state index contributed by atoms with van der Waals surface area (Å²) in [4.78, 5) is 14.1. The maximum Gasteiger partial charge on any atom is 0.243 e. The molecule has 0 aromatic heterocycles. The third-order valence-electron chi connectivity index (χ3n) is 4.55. The summed E-state index contributed by atoms with van der Waals surface area (Å²) in [7, 11) is -0.777. The van der Waals surface area contributed by atoms with E-state index in [9.17, 15) is 13.2 Å². The van der Waals surface area contributed by atoms with Crippen molar-refractivity contribution in [1.29, 1.82) is 0 Å². The van der Waals surface area contributed by atoms with Crippen molar-refractivity contribution in [3.8, 4) is 11.5 Å². The van der Waals surface area contributed by atoms with Gasteiger partial charge in [-0.2, -0.15) is 4.31 Å². The molecule has 0 N–H and O–H groups in total. The summed E-state index contributed by atoms with van der Waals surface area (Å²) in [5.74, 6) is 0.620.